The molecule has 0 radical (unpaired) electrons. The van der Waals surface area contributed by atoms with Crippen molar-refractivity contribution >= 4 is 38.9 Å². The summed E-state index contributed by atoms with van der Waals surface area (Å²) < 4.78 is 2.13. The van der Waals surface area contributed by atoms with Crippen LogP contribution in [0.5, 0.6) is 0 Å². The first kappa shape index (κ1) is 11.8. The molecule has 2 nitrogen and oxygen atoms in total. The van der Waals surface area contributed by atoms with E-state index in [9.17, 15) is 0 Å². The zero-order chi connectivity index (χ0) is 12.4. The van der Waals surface area contributed by atoms with Gasteiger partial charge >= 0.3 is 0 Å². The summed E-state index contributed by atoms with van der Waals surface area (Å²) in [6.45, 7) is 0. The Hall–Kier alpha value is -1.26. The van der Waals surface area contributed by atoms with Crippen molar-refractivity contribution in [2.75, 3.05) is 0 Å². The summed E-state index contributed by atoms with van der Waals surface area (Å²) in [4.78, 5) is 5.68. The second kappa shape index (κ2) is 5.16. The minimum Gasteiger partial charge on any atom is -0.270 e. The fourth-order valence-corrected chi connectivity index (χ4v) is 3.23. The lowest BCUT2D eigenvalue weighted by Crippen LogP contribution is -1.86. The third-order valence-corrected chi connectivity index (χ3v) is 4.27. The molecule has 0 unspecified atom stereocenters. The maximum absolute atomic E-state index is 4.47. The minimum atomic E-state index is 0.845. The number of benzene rings is 1. The number of pyridine rings is 1. The van der Waals surface area contributed by atoms with Crippen LogP contribution >= 0.6 is 27.9 Å². The van der Waals surface area contributed by atoms with Crippen molar-refractivity contribution < 1.29 is 0 Å². The molecule has 0 aliphatic heterocycles. The summed E-state index contributed by atoms with van der Waals surface area (Å²) in [6, 6.07) is 14.4. The second-order valence-corrected chi connectivity index (χ2v) is 5.50. The van der Waals surface area contributed by atoms with Gasteiger partial charge in [-0.05, 0) is 41.8 Å². The summed E-state index contributed by atoms with van der Waals surface area (Å²) >= 11 is 5.21. The van der Waals surface area contributed by atoms with Crippen molar-refractivity contribution in [3.8, 4) is 0 Å². The van der Waals surface area contributed by atoms with Crippen molar-refractivity contribution in [2.45, 2.75) is 10.2 Å². The molecule has 0 amide bonds. The first-order chi connectivity index (χ1) is 8.88. The smallest absolute Gasteiger partial charge is 0.150 e. The molecule has 3 rings (SSSR count). The van der Waals surface area contributed by atoms with Gasteiger partial charge in [-0.2, -0.15) is 0 Å². The first-order valence-electron chi connectivity index (χ1n) is 5.63. The Morgan fingerprint density at radius 1 is 1.11 bits per heavy atom. The zero-order valence-electron chi connectivity index (χ0n) is 9.58. The SMILES string of the molecule is BrCc1cn(Sc2ccccc2)c2ncccc12. The van der Waals surface area contributed by atoms with Crippen LogP contribution in [0.25, 0.3) is 11.0 Å². The predicted molar refractivity (Wildman–Crippen MR) is 80.1 cm³/mol. The molecule has 3 aromatic rings. The quantitative estimate of drug-likeness (QED) is 0.662. The Morgan fingerprint density at radius 2 is 1.94 bits per heavy atom. The number of halogens is 1. The number of hydrogen-bond donors (Lipinski definition) is 0. The Bertz CT molecular complexity index is 664. The van der Waals surface area contributed by atoms with E-state index < -0.39 is 0 Å². The van der Waals surface area contributed by atoms with Crippen LogP contribution in [0.2, 0.25) is 0 Å². The van der Waals surface area contributed by atoms with Gasteiger partial charge in [0, 0.05) is 28.0 Å². The number of nitrogens with zero attached hydrogens (tertiary/aromatic N) is 2. The van der Waals surface area contributed by atoms with E-state index in [1.807, 2.05) is 30.5 Å². The average molecular weight is 319 g/mol. The molecule has 4 heteroatoms. The van der Waals surface area contributed by atoms with Gasteiger partial charge in [-0.1, -0.05) is 34.1 Å². The summed E-state index contributed by atoms with van der Waals surface area (Å²) in [5.74, 6) is 0. The summed E-state index contributed by atoms with van der Waals surface area (Å²) in [7, 11) is 0. The van der Waals surface area contributed by atoms with Crippen LogP contribution in [0.15, 0.2) is 59.8 Å². The third kappa shape index (κ3) is 2.18. The lowest BCUT2D eigenvalue weighted by atomic mass is 10.2. The van der Waals surface area contributed by atoms with E-state index in [0.717, 1.165) is 11.0 Å². The highest BCUT2D eigenvalue weighted by atomic mass is 79.9. The van der Waals surface area contributed by atoms with Gasteiger partial charge in [-0.15, -0.1) is 0 Å². The molecule has 2 heterocycles. The largest absolute Gasteiger partial charge is 0.270 e. The fourth-order valence-electron chi connectivity index (χ4n) is 1.87. The number of hydrogen-bond acceptors (Lipinski definition) is 2. The summed E-state index contributed by atoms with van der Waals surface area (Å²) in [5, 5.41) is 2.05. The minimum absolute atomic E-state index is 0.845. The van der Waals surface area contributed by atoms with Crippen LogP contribution in [-0.4, -0.2) is 8.96 Å². The van der Waals surface area contributed by atoms with Crippen molar-refractivity contribution in [1.29, 1.82) is 0 Å². The predicted octanol–water partition coefficient (Wildman–Crippen LogP) is 4.49. The lowest BCUT2D eigenvalue weighted by molar-refractivity contribution is 1.24. The van der Waals surface area contributed by atoms with Gasteiger partial charge in [-0.25, -0.2) is 4.98 Å². The first-order valence-corrected chi connectivity index (χ1v) is 7.52. The topological polar surface area (TPSA) is 17.8 Å². The van der Waals surface area contributed by atoms with Crippen LogP contribution in [0, 0.1) is 0 Å². The molecule has 0 atom stereocenters. The van der Waals surface area contributed by atoms with Gasteiger partial charge in [0.15, 0.2) is 0 Å². The van der Waals surface area contributed by atoms with Crippen LogP contribution in [-0.2, 0) is 5.33 Å². The van der Waals surface area contributed by atoms with E-state index in [4.69, 9.17) is 0 Å². The van der Waals surface area contributed by atoms with Gasteiger partial charge in [0.25, 0.3) is 0 Å². The molecular weight excluding hydrogens is 308 g/mol. The van der Waals surface area contributed by atoms with E-state index in [0.29, 0.717) is 0 Å². The molecule has 1 aromatic carbocycles. The molecule has 0 saturated carbocycles. The Labute approximate surface area is 118 Å². The van der Waals surface area contributed by atoms with Crippen molar-refractivity contribution in [1.82, 2.24) is 8.96 Å². The normalized spacial score (nSPS) is 10.9. The van der Waals surface area contributed by atoms with Gasteiger partial charge in [0.1, 0.15) is 5.65 Å². The number of alkyl halides is 1. The van der Waals surface area contributed by atoms with Crippen LogP contribution in [0.3, 0.4) is 0 Å². The zero-order valence-corrected chi connectivity index (χ0v) is 12.0. The molecule has 0 saturated heterocycles. The van der Waals surface area contributed by atoms with Gasteiger partial charge in [0.05, 0.1) is 0 Å². The highest BCUT2D eigenvalue weighted by Gasteiger charge is 2.09. The van der Waals surface area contributed by atoms with Crippen molar-refractivity contribution in [3.63, 3.8) is 0 Å². The summed E-state index contributed by atoms with van der Waals surface area (Å²) in [6.07, 6.45) is 3.98. The number of aromatic nitrogens is 2. The van der Waals surface area contributed by atoms with Gasteiger partial charge in [-0.3, -0.25) is 3.97 Å². The van der Waals surface area contributed by atoms with Gasteiger partial charge < -0.3 is 0 Å². The Balaban J connectivity index is 2.07. The van der Waals surface area contributed by atoms with Gasteiger partial charge in [0.2, 0.25) is 0 Å². The lowest BCUT2D eigenvalue weighted by Gasteiger charge is -2.02. The van der Waals surface area contributed by atoms with Crippen molar-refractivity contribution in [2.24, 2.45) is 0 Å². The number of rotatable bonds is 3. The highest BCUT2D eigenvalue weighted by molar-refractivity contribution is 9.08. The third-order valence-electron chi connectivity index (χ3n) is 2.71. The highest BCUT2D eigenvalue weighted by Crippen LogP contribution is 2.28. The Morgan fingerprint density at radius 3 is 2.72 bits per heavy atom. The molecule has 2 aromatic heterocycles. The molecular formula is C14H11BrN2S. The summed E-state index contributed by atoms with van der Waals surface area (Å²) in [5.41, 5.74) is 2.28. The average Bonchev–Trinajstić information content (AvgIpc) is 2.78. The molecule has 0 aliphatic carbocycles. The van der Waals surface area contributed by atoms with E-state index in [2.05, 4.69) is 49.3 Å². The molecule has 0 N–H and O–H groups in total. The maximum Gasteiger partial charge on any atom is 0.150 e. The maximum atomic E-state index is 4.47. The monoisotopic (exact) mass is 318 g/mol. The van der Waals surface area contributed by atoms with Crippen molar-refractivity contribution in [3.05, 3.63) is 60.4 Å². The van der Waals surface area contributed by atoms with E-state index in [1.165, 1.54) is 15.8 Å². The second-order valence-electron chi connectivity index (χ2n) is 3.89. The molecule has 0 aliphatic rings. The molecule has 18 heavy (non-hydrogen) atoms. The Kier molecular flexibility index (Phi) is 3.39. The van der Waals surface area contributed by atoms with Crippen LogP contribution in [0.1, 0.15) is 5.56 Å². The van der Waals surface area contributed by atoms with Crippen LogP contribution < -0.4 is 0 Å². The molecule has 0 fully saturated rings. The van der Waals surface area contributed by atoms with E-state index >= 15 is 0 Å². The number of fused-ring (bicyclic) bond motifs is 1. The molecule has 0 bridgehead atoms. The molecule has 0 spiro atoms. The van der Waals surface area contributed by atoms with E-state index in [1.54, 1.807) is 11.9 Å². The standard InChI is InChI=1S/C14H11BrN2S/c15-9-11-10-17(14-13(11)7-4-8-16-14)18-12-5-2-1-3-6-12/h1-8,10H,9H2. The fraction of sp³-hybridized carbons (Fsp3) is 0.0714. The molecule has 90 valence electrons. The van der Waals surface area contributed by atoms with Crippen LogP contribution in [0.4, 0.5) is 0 Å². The van der Waals surface area contributed by atoms with E-state index in [-0.39, 0.29) is 0 Å².